The molecule has 2 heterocycles. The van der Waals surface area contributed by atoms with Crippen LogP contribution >= 0.6 is 11.3 Å². The van der Waals surface area contributed by atoms with E-state index in [4.69, 9.17) is 5.73 Å². The number of rotatable bonds is 1. The van der Waals surface area contributed by atoms with Crippen molar-refractivity contribution in [3.05, 3.63) is 21.9 Å². The summed E-state index contributed by atoms with van der Waals surface area (Å²) in [6.07, 6.45) is 0. The lowest BCUT2D eigenvalue weighted by atomic mass is 9.95. The van der Waals surface area contributed by atoms with Crippen LogP contribution in [0.25, 0.3) is 0 Å². The number of hydrogen-bond acceptors (Lipinski definition) is 4. The van der Waals surface area contributed by atoms with Crippen LogP contribution in [0.2, 0.25) is 0 Å². The summed E-state index contributed by atoms with van der Waals surface area (Å²) in [6, 6.07) is 3.55. The van der Waals surface area contributed by atoms with Crippen LogP contribution in [0.15, 0.2) is 17.1 Å². The second-order valence-electron chi connectivity index (χ2n) is 4.86. The van der Waals surface area contributed by atoms with Gasteiger partial charge in [-0.25, -0.2) is 4.99 Å². The first-order valence-corrected chi connectivity index (χ1v) is 5.94. The van der Waals surface area contributed by atoms with Crippen LogP contribution in [0, 0.1) is 0 Å². The highest BCUT2D eigenvalue weighted by Crippen LogP contribution is 2.34. The van der Waals surface area contributed by atoms with E-state index in [1.54, 1.807) is 11.3 Å². The van der Waals surface area contributed by atoms with Crippen LogP contribution in [0.1, 0.15) is 36.6 Å². The van der Waals surface area contributed by atoms with Gasteiger partial charge in [-0.3, -0.25) is 10.1 Å². The Bertz CT molecular complexity index is 456. The monoisotopic (exact) mass is 237 g/mol. The Morgan fingerprint density at radius 2 is 2.12 bits per heavy atom. The van der Waals surface area contributed by atoms with Crippen molar-refractivity contribution in [1.29, 1.82) is 0 Å². The van der Waals surface area contributed by atoms with Crippen molar-refractivity contribution in [2.75, 3.05) is 0 Å². The third-order valence-electron chi connectivity index (χ3n) is 2.40. The summed E-state index contributed by atoms with van der Waals surface area (Å²) < 4.78 is 0. The molecule has 0 bridgehead atoms. The summed E-state index contributed by atoms with van der Waals surface area (Å²) in [7, 11) is 0. The van der Waals surface area contributed by atoms with E-state index >= 15 is 0 Å². The molecule has 0 radical (unpaired) electrons. The smallest absolute Gasteiger partial charge is 0.257 e. The first-order chi connectivity index (χ1) is 7.38. The summed E-state index contributed by atoms with van der Waals surface area (Å²) in [5.41, 5.74) is 5.57. The van der Waals surface area contributed by atoms with E-state index in [0.29, 0.717) is 0 Å². The maximum Gasteiger partial charge on any atom is 0.257 e. The molecule has 0 spiro atoms. The van der Waals surface area contributed by atoms with E-state index in [9.17, 15) is 4.79 Å². The van der Waals surface area contributed by atoms with Gasteiger partial charge in [-0.15, -0.1) is 11.3 Å². The molecule has 1 atom stereocenters. The molecule has 1 aromatic heterocycles. The number of guanidine groups is 1. The van der Waals surface area contributed by atoms with Crippen molar-refractivity contribution in [2.45, 2.75) is 32.2 Å². The van der Waals surface area contributed by atoms with Gasteiger partial charge in [0.05, 0.1) is 0 Å². The van der Waals surface area contributed by atoms with Crippen LogP contribution < -0.4 is 11.1 Å². The number of nitrogens with one attached hydrogen (secondary N) is 1. The fourth-order valence-corrected chi connectivity index (χ4v) is 2.62. The molecule has 0 saturated carbocycles. The average Bonchev–Trinajstić information content (AvgIpc) is 2.70. The molecule has 1 aliphatic heterocycles. The predicted molar refractivity (Wildman–Crippen MR) is 65.5 cm³/mol. The van der Waals surface area contributed by atoms with Crippen molar-refractivity contribution in [1.82, 2.24) is 5.32 Å². The third kappa shape index (κ3) is 1.95. The Balaban J connectivity index is 2.29. The molecule has 1 aliphatic rings. The second kappa shape index (κ2) is 3.59. The molecule has 86 valence electrons. The molecule has 0 aromatic carbocycles. The minimum Gasteiger partial charge on any atom is -0.370 e. The van der Waals surface area contributed by atoms with E-state index in [1.165, 1.54) is 4.88 Å². The number of hydrogen-bond donors (Lipinski definition) is 2. The Hall–Kier alpha value is -1.36. The molecule has 0 fully saturated rings. The van der Waals surface area contributed by atoms with Crippen molar-refractivity contribution in [3.8, 4) is 0 Å². The third-order valence-corrected chi connectivity index (χ3v) is 3.97. The Kier molecular flexibility index (Phi) is 2.50. The highest BCUT2D eigenvalue weighted by atomic mass is 32.1. The van der Waals surface area contributed by atoms with Gasteiger partial charge in [0.1, 0.15) is 0 Å². The van der Waals surface area contributed by atoms with E-state index in [2.05, 4.69) is 37.1 Å². The topological polar surface area (TPSA) is 67.5 Å². The van der Waals surface area contributed by atoms with Crippen LogP contribution in [0.5, 0.6) is 0 Å². The Morgan fingerprint density at radius 1 is 1.44 bits per heavy atom. The highest BCUT2D eigenvalue weighted by Gasteiger charge is 2.29. The zero-order valence-electron chi connectivity index (χ0n) is 9.57. The minimum absolute atomic E-state index is 0.104. The first kappa shape index (κ1) is 11.1. The maximum absolute atomic E-state index is 11.5. The maximum atomic E-state index is 11.5. The number of carbonyl (C=O) groups is 1. The summed E-state index contributed by atoms with van der Waals surface area (Å²) >= 11 is 1.62. The van der Waals surface area contributed by atoms with Gasteiger partial charge in [0.25, 0.3) is 5.91 Å². The summed E-state index contributed by atoms with van der Waals surface area (Å²) in [6.45, 7) is 6.44. The minimum atomic E-state index is -0.457. The van der Waals surface area contributed by atoms with Gasteiger partial charge in [0.2, 0.25) is 0 Å². The fourth-order valence-electron chi connectivity index (χ4n) is 1.52. The van der Waals surface area contributed by atoms with Crippen molar-refractivity contribution in [2.24, 2.45) is 10.7 Å². The van der Waals surface area contributed by atoms with Crippen LogP contribution in [-0.2, 0) is 10.2 Å². The van der Waals surface area contributed by atoms with Crippen molar-refractivity contribution in [3.63, 3.8) is 0 Å². The number of amides is 1. The van der Waals surface area contributed by atoms with E-state index in [-0.39, 0.29) is 17.3 Å². The SMILES string of the molecule is CC(C)(C)c1ccc(C2N=C(N)NC2=O)s1. The van der Waals surface area contributed by atoms with Gasteiger partial charge in [-0.2, -0.15) is 0 Å². The molecule has 1 unspecified atom stereocenters. The normalized spacial score (nSPS) is 20.8. The van der Waals surface area contributed by atoms with Gasteiger partial charge in [0.15, 0.2) is 12.0 Å². The van der Waals surface area contributed by atoms with Crippen LogP contribution in [0.4, 0.5) is 0 Å². The molecule has 5 heteroatoms. The fraction of sp³-hybridized carbons (Fsp3) is 0.455. The molecule has 2 rings (SSSR count). The van der Waals surface area contributed by atoms with Gasteiger partial charge in [-0.05, 0) is 17.5 Å². The molecule has 1 amide bonds. The molecular weight excluding hydrogens is 222 g/mol. The van der Waals surface area contributed by atoms with Gasteiger partial charge in [-0.1, -0.05) is 20.8 Å². The van der Waals surface area contributed by atoms with Crippen molar-refractivity contribution >= 4 is 23.2 Å². The molecule has 0 aliphatic carbocycles. The standard InChI is InChI=1S/C11H15N3OS/c1-11(2,3)7-5-4-6(16-7)8-9(15)14-10(12)13-8/h4-5,8H,1-3H3,(H3,12,13,14,15). The van der Waals surface area contributed by atoms with E-state index in [0.717, 1.165) is 4.88 Å². The first-order valence-electron chi connectivity index (χ1n) is 5.12. The van der Waals surface area contributed by atoms with Crippen molar-refractivity contribution < 1.29 is 4.79 Å². The molecule has 1 aromatic rings. The second-order valence-corrected chi connectivity index (χ2v) is 5.97. The largest absolute Gasteiger partial charge is 0.370 e. The Labute approximate surface area is 98.6 Å². The van der Waals surface area contributed by atoms with Gasteiger partial charge >= 0.3 is 0 Å². The summed E-state index contributed by atoms with van der Waals surface area (Å²) in [5, 5.41) is 2.51. The van der Waals surface area contributed by atoms with Gasteiger partial charge < -0.3 is 5.73 Å². The summed E-state index contributed by atoms with van der Waals surface area (Å²) in [4.78, 5) is 17.8. The lowest BCUT2D eigenvalue weighted by Crippen LogP contribution is -2.31. The molecular formula is C11H15N3OS. The molecule has 16 heavy (non-hydrogen) atoms. The average molecular weight is 237 g/mol. The van der Waals surface area contributed by atoms with Crippen LogP contribution in [-0.4, -0.2) is 11.9 Å². The van der Waals surface area contributed by atoms with Crippen LogP contribution in [0.3, 0.4) is 0 Å². The number of aliphatic imine (C=N–C) groups is 1. The molecule has 4 nitrogen and oxygen atoms in total. The quantitative estimate of drug-likeness (QED) is 0.777. The number of carbonyl (C=O) groups excluding carboxylic acids is 1. The molecule has 0 saturated heterocycles. The number of nitrogens with two attached hydrogens (primary N) is 1. The predicted octanol–water partition coefficient (Wildman–Crippen LogP) is 1.53. The van der Waals surface area contributed by atoms with Gasteiger partial charge in [0, 0.05) is 9.75 Å². The van der Waals surface area contributed by atoms with E-state index in [1.807, 2.05) is 6.07 Å². The number of nitrogens with zero attached hydrogens (tertiary/aromatic N) is 1. The highest BCUT2D eigenvalue weighted by molar-refractivity contribution is 7.12. The molecule has 3 N–H and O–H groups in total. The lowest BCUT2D eigenvalue weighted by Gasteiger charge is -2.15. The Morgan fingerprint density at radius 3 is 2.56 bits per heavy atom. The number of thiophene rings is 1. The summed E-state index contributed by atoms with van der Waals surface area (Å²) in [5.74, 6) is 0.0699. The lowest BCUT2D eigenvalue weighted by molar-refractivity contribution is -0.120. The zero-order valence-corrected chi connectivity index (χ0v) is 10.4. The van der Waals surface area contributed by atoms with E-state index < -0.39 is 6.04 Å². The zero-order chi connectivity index (χ0) is 11.9.